The zero-order valence-electron chi connectivity index (χ0n) is 16.9. The van der Waals surface area contributed by atoms with Crippen molar-refractivity contribution >= 4 is 40.9 Å². The first-order valence-electron chi connectivity index (χ1n) is 10.2. The Labute approximate surface area is 175 Å². The Morgan fingerprint density at radius 2 is 2.07 bits per heavy atom. The third-order valence-electron chi connectivity index (χ3n) is 5.99. The van der Waals surface area contributed by atoms with Crippen LogP contribution in [0.4, 0.5) is 11.4 Å². The molecule has 0 aromatic heterocycles. The van der Waals surface area contributed by atoms with Gasteiger partial charge in [0.25, 0.3) is 5.91 Å². The Balaban J connectivity index is 1.30. The van der Waals surface area contributed by atoms with Crippen LogP contribution in [-0.2, 0) is 19.1 Å². The van der Waals surface area contributed by atoms with Crippen LogP contribution in [0.3, 0.4) is 0 Å². The molecule has 1 N–H and O–H groups in total. The lowest BCUT2D eigenvalue weighted by Gasteiger charge is -2.29. The largest absolute Gasteiger partial charge is 0.454 e. The maximum atomic E-state index is 12.5. The molecule has 7 nitrogen and oxygen atoms in total. The van der Waals surface area contributed by atoms with Crippen molar-refractivity contribution in [3.05, 3.63) is 23.8 Å². The van der Waals surface area contributed by atoms with Gasteiger partial charge in [0, 0.05) is 36.6 Å². The predicted molar refractivity (Wildman–Crippen MR) is 113 cm³/mol. The average molecular weight is 418 g/mol. The lowest BCUT2D eigenvalue weighted by Crippen LogP contribution is -2.47. The summed E-state index contributed by atoms with van der Waals surface area (Å²) >= 11 is 1.61. The molecular formula is C21H27N3O4S. The molecule has 2 amide bonds. The monoisotopic (exact) mass is 417 g/mol. The maximum absolute atomic E-state index is 12.5. The van der Waals surface area contributed by atoms with Gasteiger partial charge >= 0.3 is 5.97 Å². The number of carbonyl (C=O) groups excluding carboxylic acids is 3. The van der Waals surface area contributed by atoms with E-state index in [-0.39, 0.29) is 23.3 Å². The quantitative estimate of drug-likeness (QED) is 0.742. The molecular weight excluding hydrogens is 390 g/mol. The summed E-state index contributed by atoms with van der Waals surface area (Å²) in [5, 5.41) is 2.79. The molecule has 3 aliphatic rings. The minimum Gasteiger partial charge on any atom is -0.454 e. The number of aryl methyl sites for hydroxylation is 1. The molecule has 0 unspecified atom stereocenters. The smallest absolute Gasteiger partial charge is 0.330 e. The SMILES string of the molecule is Cc1cc(NC(=O)COC(=O)[C@H]2CS[C@]3(C)CCC(=O)N23)ccc1N1CCCC1. The minimum atomic E-state index is -0.602. The van der Waals surface area contributed by atoms with Gasteiger partial charge in [-0.1, -0.05) is 0 Å². The second kappa shape index (κ2) is 7.89. The fourth-order valence-electron chi connectivity index (χ4n) is 4.47. The number of anilines is 2. The van der Waals surface area contributed by atoms with Crippen molar-refractivity contribution in [2.75, 3.05) is 35.7 Å². The Hall–Kier alpha value is -2.22. The Morgan fingerprint density at radius 3 is 2.79 bits per heavy atom. The number of hydrogen-bond donors (Lipinski definition) is 1. The number of rotatable bonds is 5. The van der Waals surface area contributed by atoms with Crippen LogP contribution in [0, 0.1) is 6.92 Å². The van der Waals surface area contributed by atoms with E-state index in [0.29, 0.717) is 17.9 Å². The number of nitrogens with one attached hydrogen (secondary N) is 1. The molecule has 4 rings (SSSR count). The second-order valence-electron chi connectivity index (χ2n) is 8.12. The third-order valence-corrected chi connectivity index (χ3v) is 7.49. The fraction of sp³-hybridized carbons (Fsp3) is 0.571. The van der Waals surface area contributed by atoms with Gasteiger partial charge in [-0.3, -0.25) is 9.59 Å². The molecule has 3 fully saturated rings. The Kier molecular flexibility index (Phi) is 5.46. The molecule has 8 heteroatoms. The Morgan fingerprint density at radius 1 is 1.31 bits per heavy atom. The van der Waals surface area contributed by atoms with Crippen LogP contribution >= 0.6 is 11.8 Å². The highest BCUT2D eigenvalue weighted by molar-refractivity contribution is 8.01. The van der Waals surface area contributed by atoms with Crippen molar-refractivity contribution in [1.29, 1.82) is 0 Å². The zero-order valence-corrected chi connectivity index (χ0v) is 17.7. The third kappa shape index (κ3) is 3.95. The summed E-state index contributed by atoms with van der Waals surface area (Å²) in [4.78, 5) is 40.5. The number of amides is 2. The first-order valence-corrected chi connectivity index (χ1v) is 11.1. The van der Waals surface area contributed by atoms with Crippen molar-refractivity contribution < 1.29 is 19.1 Å². The van der Waals surface area contributed by atoms with Gasteiger partial charge in [0.15, 0.2) is 6.61 Å². The van der Waals surface area contributed by atoms with Gasteiger partial charge in [-0.15, -0.1) is 11.8 Å². The van der Waals surface area contributed by atoms with Crippen LogP contribution in [0.2, 0.25) is 0 Å². The van der Waals surface area contributed by atoms with Gasteiger partial charge in [0.1, 0.15) is 6.04 Å². The lowest BCUT2D eigenvalue weighted by molar-refractivity contribution is -0.155. The van der Waals surface area contributed by atoms with Crippen molar-refractivity contribution in [2.45, 2.75) is 50.4 Å². The van der Waals surface area contributed by atoms with Gasteiger partial charge < -0.3 is 19.9 Å². The van der Waals surface area contributed by atoms with Gasteiger partial charge in [-0.25, -0.2) is 4.79 Å². The topological polar surface area (TPSA) is 78.9 Å². The van der Waals surface area contributed by atoms with Gasteiger partial charge in [0.2, 0.25) is 5.91 Å². The molecule has 0 radical (unpaired) electrons. The summed E-state index contributed by atoms with van der Waals surface area (Å²) in [6.45, 7) is 5.80. The number of carbonyl (C=O) groups is 3. The minimum absolute atomic E-state index is 0.0162. The van der Waals surface area contributed by atoms with Gasteiger partial charge in [-0.2, -0.15) is 0 Å². The molecule has 29 heavy (non-hydrogen) atoms. The summed E-state index contributed by atoms with van der Waals surface area (Å²) in [5.74, 6) is -0.391. The molecule has 0 bridgehead atoms. The molecule has 3 heterocycles. The van der Waals surface area contributed by atoms with Crippen LogP contribution < -0.4 is 10.2 Å². The number of benzene rings is 1. The van der Waals surface area contributed by atoms with E-state index in [9.17, 15) is 14.4 Å². The molecule has 0 saturated carbocycles. The van der Waals surface area contributed by atoms with E-state index < -0.39 is 12.0 Å². The fourth-order valence-corrected chi connectivity index (χ4v) is 5.89. The number of hydrogen-bond acceptors (Lipinski definition) is 6. The number of nitrogens with zero attached hydrogens (tertiary/aromatic N) is 2. The summed E-state index contributed by atoms with van der Waals surface area (Å²) in [6, 6.07) is 5.24. The highest BCUT2D eigenvalue weighted by atomic mass is 32.2. The molecule has 0 spiro atoms. The molecule has 3 saturated heterocycles. The highest BCUT2D eigenvalue weighted by Gasteiger charge is 2.53. The number of thioether (sulfide) groups is 1. The molecule has 3 aliphatic heterocycles. The zero-order chi connectivity index (χ0) is 20.6. The van der Waals surface area contributed by atoms with Crippen molar-refractivity contribution in [3.63, 3.8) is 0 Å². The standard InChI is InChI=1S/C21H27N3O4S/c1-14-11-15(5-6-16(14)23-9-3-4-10-23)22-18(25)12-28-20(27)17-13-29-21(2)8-7-19(26)24(17)21/h5-6,11,17H,3-4,7-10,12-13H2,1-2H3,(H,22,25)/t17-,21-/m1/s1. The van der Waals surface area contributed by atoms with Gasteiger partial charge in [-0.05, 0) is 56.9 Å². The van der Waals surface area contributed by atoms with E-state index in [1.54, 1.807) is 16.7 Å². The number of esters is 1. The summed E-state index contributed by atoms with van der Waals surface area (Å²) in [5.41, 5.74) is 2.99. The first-order chi connectivity index (χ1) is 13.9. The Bertz CT molecular complexity index is 839. The van der Waals surface area contributed by atoms with Gasteiger partial charge in [0.05, 0.1) is 4.87 Å². The summed E-state index contributed by atoms with van der Waals surface area (Å²) in [6.07, 6.45) is 3.63. The average Bonchev–Trinajstić information content (AvgIpc) is 3.38. The number of fused-ring (bicyclic) bond motifs is 1. The van der Waals surface area contributed by atoms with Crippen molar-refractivity contribution in [1.82, 2.24) is 4.90 Å². The number of ether oxygens (including phenoxy) is 1. The second-order valence-corrected chi connectivity index (χ2v) is 9.62. The molecule has 2 atom stereocenters. The van der Waals surface area contributed by atoms with E-state index in [1.807, 2.05) is 32.0 Å². The predicted octanol–water partition coefficient (Wildman–Crippen LogP) is 2.53. The summed E-state index contributed by atoms with van der Waals surface area (Å²) < 4.78 is 5.23. The van der Waals surface area contributed by atoms with E-state index in [2.05, 4.69) is 10.2 Å². The van der Waals surface area contributed by atoms with E-state index in [0.717, 1.165) is 25.1 Å². The van der Waals surface area contributed by atoms with Crippen LogP contribution in [0.25, 0.3) is 0 Å². The van der Waals surface area contributed by atoms with Crippen molar-refractivity contribution in [3.8, 4) is 0 Å². The highest BCUT2D eigenvalue weighted by Crippen LogP contribution is 2.47. The maximum Gasteiger partial charge on any atom is 0.330 e. The van der Waals surface area contributed by atoms with E-state index >= 15 is 0 Å². The molecule has 156 valence electrons. The lowest BCUT2D eigenvalue weighted by atomic mass is 10.1. The van der Waals surface area contributed by atoms with E-state index in [4.69, 9.17) is 4.74 Å². The van der Waals surface area contributed by atoms with Crippen LogP contribution in [-0.4, -0.2) is 59.0 Å². The van der Waals surface area contributed by atoms with Crippen molar-refractivity contribution in [2.24, 2.45) is 0 Å². The molecule has 0 aliphatic carbocycles. The first kappa shape index (κ1) is 20.1. The van der Waals surface area contributed by atoms with Crippen LogP contribution in [0.1, 0.15) is 38.2 Å². The molecule has 1 aromatic carbocycles. The van der Waals surface area contributed by atoms with E-state index in [1.165, 1.54) is 18.5 Å². The summed E-state index contributed by atoms with van der Waals surface area (Å²) in [7, 11) is 0. The normalized spacial score (nSPS) is 26.0. The van der Waals surface area contributed by atoms with Crippen LogP contribution in [0.5, 0.6) is 0 Å². The van der Waals surface area contributed by atoms with Crippen LogP contribution in [0.15, 0.2) is 18.2 Å². The molecule has 1 aromatic rings.